The van der Waals surface area contributed by atoms with Crippen molar-refractivity contribution in [1.29, 1.82) is 0 Å². The van der Waals surface area contributed by atoms with Gasteiger partial charge in [-0.15, -0.1) is 0 Å². The molecule has 3 aromatic rings. The van der Waals surface area contributed by atoms with Gasteiger partial charge in [-0.25, -0.2) is 0 Å². The molecule has 122 valence electrons. The molecule has 0 aliphatic heterocycles. The van der Waals surface area contributed by atoms with E-state index in [9.17, 15) is 9.59 Å². The Labute approximate surface area is 144 Å². The van der Waals surface area contributed by atoms with Gasteiger partial charge in [0.1, 0.15) is 6.54 Å². The molecular formula is C19H17ClN2O2. The molecule has 0 aliphatic rings. The van der Waals surface area contributed by atoms with Crippen molar-refractivity contribution in [2.24, 2.45) is 0 Å². The number of carbonyl (C=O) groups is 1. The molecule has 4 nitrogen and oxygen atoms in total. The van der Waals surface area contributed by atoms with Crippen molar-refractivity contribution < 1.29 is 4.79 Å². The van der Waals surface area contributed by atoms with E-state index in [-0.39, 0.29) is 17.9 Å². The summed E-state index contributed by atoms with van der Waals surface area (Å²) in [7, 11) is 0. The summed E-state index contributed by atoms with van der Waals surface area (Å²) in [5.41, 5.74) is 3.52. The lowest BCUT2D eigenvalue weighted by Crippen LogP contribution is -2.20. The van der Waals surface area contributed by atoms with Crippen molar-refractivity contribution in [3.63, 3.8) is 0 Å². The molecule has 2 aromatic carbocycles. The first-order chi connectivity index (χ1) is 11.4. The molecule has 0 fully saturated rings. The second-order valence-corrected chi connectivity index (χ2v) is 6.33. The number of hydrogen-bond acceptors (Lipinski definition) is 2. The van der Waals surface area contributed by atoms with Gasteiger partial charge >= 0.3 is 0 Å². The minimum absolute atomic E-state index is 0.113. The zero-order valence-corrected chi connectivity index (χ0v) is 14.2. The summed E-state index contributed by atoms with van der Waals surface area (Å²) in [4.78, 5) is 24.3. The summed E-state index contributed by atoms with van der Waals surface area (Å²) in [5.74, 6) is -0.153. The zero-order valence-electron chi connectivity index (χ0n) is 13.5. The maximum atomic E-state index is 12.4. The topological polar surface area (TPSA) is 51.1 Å². The van der Waals surface area contributed by atoms with Crippen LogP contribution in [0.5, 0.6) is 0 Å². The molecule has 5 heteroatoms. The van der Waals surface area contributed by atoms with Crippen molar-refractivity contribution in [2.75, 3.05) is 5.32 Å². The summed E-state index contributed by atoms with van der Waals surface area (Å²) in [5, 5.41) is 3.90. The Kier molecular flexibility index (Phi) is 4.40. The van der Waals surface area contributed by atoms with E-state index in [2.05, 4.69) is 11.4 Å². The molecule has 1 amide bonds. The lowest BCUT2D eigenvalue weighted by Gasteiger charge is -2.12. The molecule has 3 rings (SSSR count). The second kappa shape index (κ2) is 6.49. The molecule has 0 aliphatic carbocycles. The van der Waals surface area contributed by atoms with E-state index in [1.54, 1.807) is 29.0 Å². The maximum absolute atomic E-state index is 12.4. The molecule has 24 heavy (non-hydrogen) atoms. The van der Waals surface area contributed by atoms with Crippen LogP contribution in [0, 0.1) is 13.8 Å². The number of hydrogen-bond donors (Lipinski definition) is 1. The van der Waals surface area contributed by atoms with Crippen LogP contribution in [0.1, 0.15) is 11.1 Å². The Bertz CT molecular complexity index is 972. The highest BCUT2D eigenvalue weighted by atomic mass is 35.5. The fourth-order valence-electron chi connectivity index (χ4n) is 2.82. The van der Waals surface area contributed by atoms with Crippen molar-refractivity contribution in [3.8, 4) is 0 Å². The normalized spacial score (nSPS) is 10.8. The number of nitrogens with zero attached hydrogens (tertiary/aromatic N) is 1. The molecule has 0 bridgehead atoms. The fourth-order valence-corrected chi connectivity index (χ4v) is 3.00. The average Bonchev–Trinajstić information content (AvgIpc) is 2.49. The van der Waals surface area contributed by atoms with Crippen LogP contribution in [-0.4, -0.2) is 10.5 Å². The molecule has 0 spiro atoms. The number of amides is 1. The van der Waals surface area contributed by atoms with Crippen LogP contribution in [0.25, 0.3) is 10.9 Å². The summed E-state index contributed by atoms with van der Waals surface area (Å²) < 4.78 is 1.74. The number of aromatic nitrogens is 1. The predicted octanol–water partition coefficient (Wildman–Crippen LogP) is 3.91. The Morgan fingerprint density at radius 1 is 1.08 bits per heavy atom. The van der Waals surface area contributed by atoms with Gasteiger partial charge < -0.3 is 9.88 Å². The fraction of sp³-hybridized carbons (Fsp3) is 0.158. The molecule has 0 radical (unpaired) electrons. The van der Waals surface area contributed by atoms with Gasteiger partial charge in [-0.2, -0.15) is 0 Å². The van der Waals surface area contributed by atoms with Gasteiger partial charge in [-0.3, -0.25) is 9.59 Å². The van der Waals surface area contributed by atoms with Crippen LogP contribution in [0.2, 0.25) is 5.02 Å². The highest BCUT2D eigenvalue weighted by molar-refractivity contribution is 6.31. The molecule has 0 unspecified atom stereocenters. The lowest BCUT2D eigenvalue weighted by molar-refractivity contribution is -0.116. The minimum Gasteiger partial charge on any atom is -0.338 e. The van der Waals surface area contributed by atoms with E-state index in [1.165, 1.54) is 6.07 Å². The Balaban J connectivity index is 1.88. The van der Waals surface area contributed by atoms with Gasteiger partial charge in [0.2, 0.25) is 5.91 Å². The van der Waals surface area contributed by atoms with Crippen LogP contribution in [0.15, 0.2) is 53.5 Å². The molecule has 1 aromatic heterocycles. The molecule has 0 saturated heterocycles. The highest BCUT2D eigenvalue weighted by Crippen LogP contribution is 2.17. The van der Waals surface area contributed by atoms with Gasteiger partial charge in [0, 0.05) is 28.4 Å². The molecule has 0 atom stereocenters. The quantitative estimate of drug-likeness (QED) is 0.786. The van der Waals surface area contributed by atoms with Crippen LogP contribution < -0.4 is 10.7 Å². The third-order valence-electron chi connectivity index (χ3n) is 3.76. The van der Waals surface area contributed by atoms with Crippen LogP contribution in [0.3, 0.4) is 0 Å². The smallest absolute Gasteiger partial charge is 0.244 e. The van der Waals surface area contributed by atoms with Gasteiger partial charge in [0.05, 0.1) is 5.52 Å². The van der Waals surface area contributed by atoms with Gasteiger partial charge in [-0.1, -0.05) is 17.7 Å². The van der Waals surface area contributed by atoms with Crippen LogP contribution >= 0.6 is 11.6 Å². The number of aryl methyl sites for hydroxylation is 2. The first kappa shape index (κ1) is 16.3. The molecule has 1 heterocycles. The number of benzene rings is 2. The molecule has 1 N–H and O–H groups in total. The number of rotatable bonds is 3. The zero-order chi connectivity index (χ0) is 17.3. The average molecular weight is 341 g/mol. The van der Waals surface area contributed by atoms with E-state index < -0.39 is 0 Å². The summed E-state index contributed by atoms with van der Waals surface area (Å²) >= 11 is 5.96. The van der Waals surface area contributed by atoms with Gasteiger partial charge in [0.15, 0.2) is 5.43 Å². The first-order valence-corrected chi connectivity index (χ1v) is 7.97. The van der Waals surface area contributed by atoms with E-state index in [4.69, 9.17) is 11.6 Å². The third kappa shape index (κ3) is 3.49. The molecule has 0 saturated carbocycles. The summed E-state index contributed by atoms with van der Waals surface area (Å²) in [6, 6.07) is 12.4. The largest absolute Gasteiger partial charge is 0.338 e. The Morgan fingerprint density at radius 3 is 2.50 bits per heavy atom. The van der Waals surface area contributed by atoms with Gasteiger partial charge in [0.25, 0.3) is 0 Å². The molecular weight excluding hydrogens is 324 g/mol. The second-order valence-electron chi connectivity index (χ2n) is 5.89. The van der Waals surface area contributed by atoms with Crippen molar-refractivity contribution >= 4 is 34.1 Å². The highest BCUT2D eigenvalue weighted by Gasteiger charge is 2.08. The Morgan fingerprint density at radius 2 is 1.79 bits per heavy atom. The number of carbonyl (C=O) groups excluding carboxylic acids is 1. The Hall–Kier alpha value is -2.59. The van der Waals surface area contributed by atoms with E-state index in [0.29, 0.717) is 15.9 Å². The number of fused-ring (bicyclic) bond motifs is 1. The van der Waals surface area contributed by atoms with Crippen LogP contribution in [-0.2, 0) is 11.3 Å². The number of pyridine rings is 1. The van der Waals surface area contributed by atoms with Crippen molar-refractivity contribution in [2.45, 2.75) is 20.4 Å². The number of nitrogens with one attached hydrogen (secondary N) is 1. The van der Waals surface area contributed by atoms with E-state index in [0.717, 1.165) is 16.8 Å². The minimum atomic E-state index is -0.153. The van der Waals surface area contributed by atoms with Gasteiger partial charge in [-0.05, 0) is 55.3 Å². The summed E-state index contributed by atoms with van der Waals surface area (Å²) in [6.07, 6.45) is 1.62. The lowest BCUT2D eigenvalue weighted by atomic mass is 10.1. The van der Waals surface area contributed by atoms with Crippen molar-refractivity contribution in [1.82, 2.24) is 4.57 Å². The first-order valence-electron chi connectivity index (χ1n) is 7.59. The maximum Gasteiger partial charge on any atom is 0.244 e. The monoisotopic (exact) mass is 340 g/mol. The van der Waals surface area contributed by atoms with E-state index >= 15 is 0 Å². The SMILES string of the molecule is Cc1cc(C)cc(NC(=O)Cn2ccc(=O)c3cc(Cl)ccc32)c1. The number of halogens is 1. The van der Waals surface area contributed by atoms with Crippen molar-refractivity contribution in [3.05, 3.63) is 75.0 Å². The standard InChI is InChI=1S/C19H17ClN2O2/c1-12-7-13(2)9-15(8-12)21-19(24)11-22-6-5-18(23)16-10-14(20)3-4-17(16)22/h3-10H,11H2,1-2H3,(H,21,24). The van der Waals surface area contributed by atoms with E-state index in [1.807, 2.05) is 26.0 Å². The van der Waals surface area contributed by atoms with Crippen LogP contribution in [0.4, 0.5) is 5.69 Å². The third-order valence-corrected chi connectivity index (χ3v) is 3.99. The predicted molar refractivity (Wildman–Crippen MR) is 97.8 cm³/mol. The summed E-state index contributed by atoms with van der Waals surface area (Å²) in [6.45, 7) is 4.09. The number of anilines is 1.